The van der Waals surface area contributed by atoms with Crippen molar-refractivity contribution in [3.63, 3.8) is 0 Å². The summed E-state index contributed by atoms with van der Waals surface area (Å²) in [6.07, 6.45) is 5.02. The van der Waals surface area contributed by atoms with Crippen LogP contribution in [0.1, 0.15) is 29.5 Å². The lowest BCUT2D eigenvalue weighted by molar-refractivity contribution is 0.176. The molecule has 0 spiro atoms. The van der Waals surface area contributed by atoms with Crippen LogP contribution in [0.2, 0.25) is 0 Å². The van der Waals surface area contributed by atoms with Crippen LogP contribution in [0, 0.1) is 6.92 Å². The van der Waals surface area contributed by atoms with Crippen molar-refractivity contribution >= 4 is 0 Å². The van der Waals surface area contributed by atoms with Crippen LogP contribution in [-0.4, -0.2) is 19.9 Å². The molecule has 1 aliphatic rings. The predicted octanol–water partition coefficient (Wildman–Crippen LogP) is 1.77. The summed E-state index contributed by atoms with van der Waals surface area (Å²) < 4.78 is 1.86. The van der Waals surface area contributed by atoms with E-state index in [-0.39, 0.29) is 6.10 Å². The van der Waals surface area contributed by atoms with E-state index in [1.54, 1.807) is 0 Å². The van der Waals surface area contributed by atoms with E-state index in [2.05, 4.69) is 16.1 Å². The first-order chi connectivity index (χ1) is 8.16. The van der Waals surface area contributed by atoms with Crippen molar-refractivity contribution in [1.82, 2.24) is 14.8 Å². The molecular formula is C13H15N3O. The molecule has 1 atom stereocenters. The summed E-state index contributed by atoms with van der Waals surface area (Å²) in [6.45, 7) is 2.05. The lowest BCUT2D eigenvalue weighted by Crippen LogP contribution is -1.96. The molecule has 2 heterocycles. The maximum atomic E-state index is 9.72. The fraction of sp³-hybridized carbons (Fsp3) is 0.385. The second-order valence-electron chi connectivity index (χ2n) is 4.59. The van der Waals surface area contributed by atoms with E-state index in [0.29, 0.717) is 0 Å². The van der Waals surface area contributed by atoms with Crippen LogP contribution in [0.3, 0.4) is 0 Å². The third-order valence-electron chi connectivity index (χ3n) is 3.55. The summed E-state index contributed by atoms with van der Waals surface area (Å²) in [7, 11) is 1.93. The molecule has 0 radical (unpaired) electrons. The minimum absolute atomic E-state index is 0.381. The van der Waals surface area contributed by atoms with Crippen molar-refractivity contribution in [3.8, 4) is 11.1 Å². The number of hydrogen-bond donors (Lipinski definition) is 1. The lowest BCUT2D eigenvalue weighted by Gasteiger charge is -2.05. The van der Waals surface area contributed by atoms with E-state index < -0.39 is 0 Å². The Hall–Kier alpha value is -1.68. The van der Waals surface area contributed by atoms with Crippen molar-refractivity contribution in [2.75, 3.05) is 0 Å². The molecule has 0 bridgehead atoms. The van der Waals surface area contributed by atoms with Crippen molar-refractivity contribution in [1.29, 1.82) is 0 Å². The van der Waals surface area contributed by atoms with Gasteiger partial charge in [0.2, 0.25) is 0 Å². The Morgan fingerprint density at radius 3 is 2.94 bits per heavy atom. The van der Waals surface area contributed by atoms with Gasteiger partial charge in [-0.3, -0.25) is 9.67 Å². The highest BCUT2D eigenvalue weighted by Gasteiger charge is 2.22. The highest BCUT2D eigenvalue weighted by Crippen LogP contribution is 2.32. The quantitative estimate of drug-likeness (QED) is 0.810. The van der Waals surface area contributed by atoms with Gasteiger partial charge in [0.15, 0.2) is 0 Å². The largest absolute Gasteiger partial charge is 0.387 e. The minimum atomic E-state index is -0.381. The molecule has 0 amide bonds. The number of fused-ring (bicyclic) bond motifs is 1. The fourth-order valence-corrected chi connectivity index (χ4v) is 2.38. The Bertz CT molecular complexity index is 574. The maximum Gasteiger partial charge on any atom is 0.0965 e. The zero-order valence-corrected chi connectivity index (χ0v) is 10.0. The van der Waals surface area contributed by atoms with Crippen LogP contribution < -0.4 is 0 Å². The Balaban J connectivity index is 2.09. The van der Waals surface area contributed by atoms with E-state index in [1.165, 1.54) is 5.56 Å². The first-order valence-electron chi connectivity index (χ1n) is 5.82. The molecule has 1 aliphatic carbocycles. The van der Waals surface area contributed by atoms with E-state index in [0.717, 1.165) is 35.4 Å². The molecule has 0 aliphatic heterocycles. The normalized spacial score (nSPS) is 18.4. The van der Waals surface area contributed by atoms with Gasteiger partial charge in [-0.15, -0.1) is 0 Å². The number of aliphatic hydroxyl groups excluding tert-OH is 1. The van der Waals surface area contributed by atoms with Crippen LogP contribution in [0.25, 0.3) is 11.1 Å². The summed E-state index contributed by atoms with van der Waals surface area (Å²) in [5, 5.41) is 14.0. The van der Waals surface area contributed by atoms with Crippen LogP contribution in [0.5, 0.6) is 0 Å². The summed E-state index contributed by atoms with van der Waals surface area (Å²) >= 11 is 0. The second-order valence-corrected chi connectivity index (χ2v) is 4.59. The van der Waals surface area contributed by atoms with Gasteiger partial charge < -0.3 is 5.11 Å². The van der Waals surface area contributed by atoms with Crippen LogP contribution in [0.4, 0.5) is 0 Å². The topological polar surface area (TPSA) is 50.9 Å². The predicted molar refractivity (Wildman–Crippen MR) is 64.5 cm³/mol. The van der Waals surface area contributed by atoms with Gasteiger partial charge in [-0.1, -0.05) is 0 Å². The molecule has 0 saturated carbocycles. The van der Waals surface area contributed by atoms with Gasteiger partial charge in [0.1, 0.15) is 0 Å². The maximum absolute atomic E-state index is 9.72. The average Bonchev–Trinajstić information content (AvgIpc) is 2.85. The van der Waals surface area contributed by atoms with Gasteiger partial charge in [0.05, 0.1) is 18.0 Å². The molecule has 0 aromatic carbocycles. The standard InChI is InChI=1S/C13H15N3O/c1-8-11(7-15-16(8)2)10-5-9-3-4-12(17)13(9)14-6-10/h5-7,12,17H,3-4H2,1-2H3. The van der Waals surface area contributed by atoms with Gasteiger partial charge in [0, 0.05) is 30.1 Å². The van der Waals surface area contributed by atoms with Crippen LogP contribution >= 0.6 is 0 Å². The lowest BCUT2D eigenvalue weighted by atomic mass is 10.1. The molecule has 88 valence electrons. The highest BCUT2D eigenvalue weighted by atomic mass is 16.3. The summed E-state index contributed by atoms with van der Waals surface area (Å²) in [6, 6.07) is 2.13. The number of aromatic nitrogens is 3. The summed E-state index contributed by atoms with van der Waals surface area (Å²) in [4.78, 5) is 4.38. The Kier molecular flexibility index (Phi) is 2.26. The number of aryl methyl sites for hydroxylation is 2. The minimum Gasteiger partial charge on any atom is -0.387 e. The number of nitrogens with zero attached hydrogens (tertiary/aromatic N) is 3. The van der Waals surface area contributed by atoms with E-state index >= 15 is 0 Å². The molecular weight excluding hydrogens is 214 g/mol. The molecule has 3 rings (SSSR count). The van der Waals surface area contributed by atoms with Crippen molar-refractivity contribution < 1.29 is 5.11 Å². The SMILES string of the molecule is Cc1c(-c2cnc3c(c2)CCC3O)cnn1C. The molecule has 0 fully saturated rings. The van der Waals surface area contributed by atoms with Gasteiger partial charge in [-0.25, -0.2) is 0 Å². The Morgan fingerprint density at radius 1 is 1.41 bits per heavy atom. The van der Waals surface area contributed by atoms with E-state index in [9.17, 15) is 5.11 Å². The van der Waals surface area contributed by atoms with E-state index in [4.69, 9.17) is 0 Å². The Labute approximate surface area is 99.9 Å². The van der Waals surface area contributed by atoms with E-state index in [1.807, 2.05) is 31.0 Å². The molecule has 1 unspecified atom stereocenters. The molecule has 2 aromatic rings. The summed E-state index contributed by atoms with van der Waals surface area (Å²) in [5.74, 6) is 0. The smallest absolute Gasteiger partial charge is 0.0965 e. The number of aliphatic hydroxyl groups is 1. The van der Waals surface area contributed by atoms with Crippen LogP contribution in [0.15, 0.2) is 18.5 Å². The number of hydrogen-bond acceptors (Lipinski definition) is 3. The fourth-order valence-electron chi connectivity index (χ4n) is 2.38. The molecule has 0 saturated heterocycles. The third kappa shape index (κ3) is 1.56. The van der Waals surface area contributed by atoms with Gasteiger partial charge in [-0.2, -0.15) is 5.10 Å². The monoisotopic (exact) mass is 229 g/mol. The van der Waals surface area contributed by atoms with Gasteiger partial charge in [-0.05, 0) is 31.4 Å². The first-order valence-corrected chi connectivity index (χ1v) is 5.82. The Morgan fingerprint density at radius 2 is 2.24 bits per heavy atom. The van der Waals surface area contributed by atoms with Crippen LogP contribution in [-0.2, 0) is 13.5 Å². The molecule has 2 aromatic heterocycles. The summed E-state index contributed by atoms with van der Waals surface area (Å²) in [5.41, 5.74) is 5.34. The van der Waals surface area contributed by atoms with Gasteiger partial charge >= 0.3 is 0 Å². The zero-order valence-electron chi connectivity index (χ0n) is 10.0. The molecule has 1 N–H and O–H groups in total. The average molecular weight is 229 g/mol. The molecule has 4 nitrogen and oxygen atoms in total. The highest BCUT2D eigenvalue weighted by molar-refractivity contribution is 5.65. The third-order valence-corrected chi connectivity index (χ3v) is 3.55. The van der Waals surface area contributed by atoms with Crippen molar-refractivity contribution in [3.05, 3.63) is 35.4 Å². The van der Waals surface area contributed by atoms with Crippen molar-refractivity contribution in [2.24, 2.45) is 7.05 Å². The molecule has 4 heteroatoms. The van der Waals surface area contributed by atoms with Crippen molar-refractivity contribution in [2.45, 2.75) is 25.9 Å². The first kappa shape index (κ1) is 10.5. The second kappa shape index (κ2) is 3.67. The number of pyridine rings is 1. The van der Waals surface area contributed by atoms with Gasteiger partial charge in [0.25, 0.3) is 0 Å². The number of rotatable bonds is 1. The zero-order chi connectivity index (χ0) is 12.0. The molecule has 17 heavy (non-hydrogen) atoms.